The Morgan fingerprint density at radius 3 is 2.67 bits per heavy atom. The fourth-order valence-corrected chi connectivity index (χ4v) is 1.83. The zero-order valence-electron chi connectivity index (χ0n) is 10.2. The second-order valence-corrected chi connectivity index (χ2v) is 4.18. The molecule has 0 atom stereocenters. The third-order valence-electron chi connectivity index (χ3n) is 2.63. The maximum atomic E-state index is 10.5. The minimum Gasteiger partial charge on any atom is -0.350 e. The Balaban J connectivity index is 2.16. The number of fused-ring (bicyclic) bond motifs is 1. The molecule has 0 bridgehead atoms. The molecular weight excluding hydrogens is 226 g/mol. The van der Waals surface area contributed by atoms with E-state index < -0.39 is 6.03 Å². The largest absolute Gasteiger partial charge is 0.350 e. The first-order chi connectivity index (χ1) is 8.65. The Bertz CT molecular complexity index is 605. The zero-order valence-corrected chi connectivity index (χ0v) is 10.2. The average Bonchev–Trinajstić information content (AvgIpc) is 2.36. The third kappa shape index (κ3) is 3.07. The standard InChI is InChI=1S/C14H15N3O/c1-10(16-17-14(15)18)8-11-6-7-12-4-2-3-5-13(12)9-11/h2-7,9H,8H2,1H3,(H3,15,17,18)/b16-10+. The summed E-state index contributed by atoms with van der Waals surface area (Å²) in [6, 6.07) is 13.8. The highest BCUT2D eigenvalue weighted by Crippen LogP contribution is 2.16. The molecule has 2 aromatic rings. The lowest BCUT2D eigenvalue weighted by Crippen LogP contribution is -2.25. The molecule has 0 aromatic heterocycles. The number of hydrogen-bond acceptors (Lipinski definition) is 2. The maximum absolute atomic E-state index is 10.5. The lowest BCUT2D eigenvalue weighted by molar-refractivity contribution is 0.249. The zero-order chi connectivity index (χ0) is 13.0. The van der Waals surface area contributed by atoms with Crippen LogP contribution >= 0.6 is 0 Å². The molecule has 0 aliphatic rings. The van der Waals surface area contributed by atoms with Crippen molar-refractivity contribution < 1.29 is 4.79 Å². The van der Waals surface area contributed by atoms with Crippen LogP contribution in [0.4, 0.5) is 4.79 Å². The minimum atomic E-state index is -0.645. The molecule has 0 radical (unpaired) electrons. The van der Waals surface area contributed by atoms with Crippen molar-refractivity contribution in [1.82, 2.24) is 5.43 Å². The van der Waals surface area contributed by atoms with E-state index in [4.69, 9.17) is 5.73 Å². The van der Waals surface area contributed by atoms with Crippen LogP contribution in [0.25, 0.3) is 10.8 Å². The van der Waals surface area contributed by atoms with Crippen LogP contribution in [0.5, 0.6) is 0 Å². The van der Waals surface area contributed by atoms with Crippen LogP contribution in [0.1, 0.15) is 12.5 Å². The molecule has 3 N–H and O–H groups in total. The van der Waals surface area contributed by atoms with Crippen molar-refractivity contribution in [1.29, 1.82) is 0 Å². The lowest BCUT2D eigenvalue weighted by atomic mass is 10.0. The fraction of sp³-hybridized carbons (Fsp3) is 0.143. The van der Waals surface area contributed by atoms with Crippen LogP contribution in [0.3, 0.4) is 0 Å². The number of hydrogen-bond donors (Lipinski definition) is 2. The van der Waals surface area contributed by atoms with Gasteiger partial charge in [0.15, 0.2) is 0 Å². The van der Waals surface area contributed by atoms with Crippen molar-refractivity contribution in [2.45, 2.75) is 13.3 Å². The number of rotatable bonds is 3. The first-order valence-electron chi connectivity index (χ1n) is 5.71. The van der Waals surface area contributed by atoms with E-state index in [0.717, 1.165) is 11.3 Å². The summed E-state index contributed by atoms with van der Waals surface area (Å²) >= 11 is 0. The van der Waals surface area contributed by atoms with Gasteiger partial charge in [0.25, 0.3) is 0 Å². The molecule has 92 valence electrons. The van der Waals surface area contributed by atoms with Crippen LogP contribution < -0.4 is 11.2 Å². The van der Waals surface area contributed by atoms with Crippen LogP contribution in [0, 0.1) is 0 Å². The first kappa shape index (κ1) is 12.1. The second-order valence-electron chi connectivity index (χ2n) is 4.18. The van der Waals surface area contributed by atoms with Crippen LogP contribution in [-0.4, -0.2) is 11.7 Å². The number of primary amides is 1. The Morgan fingerprint density at radius 2 is 1.94 bits per heavy atom. The van der Waals surface area contributed by atoms with Crippen molar-refractivity contribution in [2.75, 3.05) is 0 Å². The molecule has 0 saturated carbocycles. The Labute approximate surface area is 105 Å². The Hall–Kier alpha value is -2.36. The predicted molar refractivity (Wildman–Crippen MR) is 73.5 cm³/mol. The molecule has 0 aliphatic carbocycles. The van der Waals surface area contributed by atoms with Crippen molar-refractivity contribution in [3.63, 3.8) is 0 Å². The van der Waals surface area contributed by atoms with E-state index in [0.29, 0.717) is 6.42 Å². The number of nitrogens with zero attached hydrogens (tertiary/aromatic N) is 1. The highest BCUT2D eigenvalue weighted by Gasteiger charge is 1.99. The molecule has 2 aromatic carbocycles. The predicted octanol–water partition coefficient (Wildman–Crippen LogP) is 2.43. The number of nitrogens with two attached hydrogens (primary N) is 1. The molecule has 0 unspecified atom stereocenters. The summed E-state index contributed by atoms with van der Waals surface area (Å²) in [5.41, 5.74) is 9.14. The minimum absolute atomic E-state index is 0.645. The van der Waals surface area contributed by atoms with Crippen LogP contribution in [0.15, 0.2) is 47.6 Å². The van der Waals surface area contributed by atoms with E-state index in [1.807, 2.05) is 19.1 Å². The average molecular weight is 241 g/mol. The van der Waals surface area contributed by atoms with Crippen LogP contribution in [-0.2, 0) is 6.42 Å². The van der Waals surface area contributed by atoms with E-state index in [9.17, 15) is 4.79 Å². The van der Waals surface area contributed by atoms with Crippen molar-refractivity contribution >= 4 is 22.5 Å². The summed E-state index contributed by atoms with van der Waals surface area (Å²) in [5.74, 6) is 0. The summed E-state index contributed by atoms with van der Waals surface area (Å²) in [6.45, 7) is 1.85. The molecule has 2 amide bonds. The van der Waals surface area contributed by atoms with E-state index >= 15 is 0 Å². The number of urea groups is 1. The number of benzene rings is 2. The molecule has 0 aliphatic heterocycles. The molecule has 0 spiro atoms. The molecule has 2 rings (SSSR count). The van der Waals surface area contributed by atoms with Crippen LogP contribution in [0.2, 0.25) is 0 Å². The van der Waals surface area contributed by atoms with Crippen molar-refractivity contribution in [2.24, 2.45) is 10.8 Å². The first-order valence-corrected chi connectivity index (χ1v) is 5.71. The highest BCUT2D eigenvalue weighted by molar-refractivity contribution is 5.88. The molecule has 4 heteroatoms. The molecule has 0 fully saturated rings. The highest BCUT2D eigenvalue weighted by atomic mass is 16.2. The quantitative estimate of drug-likeness (QED) is 0.629. The number of carbonyl (C=O) groups excluding carboxylic acids is 1. The smallest absolute Gasteiger partial charge is 0.332 e. The van der Waals surface area contributed by atoms with E-state index in [1.165, 1.54) is 10.8 Å². The van der Waals surface area contributed by atoms with Gasteiger partial charge in [-0.05, 0) is 23.3 Å². The van der Waals surface area contributed by atoms with E-state index in [1.54, 1.807) is 0 Å². The van der Waals surface area contributed by atoms with Gasteiger partial charge in [0.2, 0.25) is 0 Å². The van der Waals surface area contributed by atoms with E-state index in [-0.39, 0.29) is 0 Å². The van der Waals surface area contributed by atoms with Gasteiger partial charge in [0.05, 0.1) is 0 Å². The SMILES string of the molecule is C/C(Cc1ccc2ccccc2c1)=N\NC(N)=O. The fourth-order valence-electron chi connectivity index (χ4n) is 1.83. The monoisotopic (exact) mass is 241 g/mol. The van der Waals surface area contributed by atoms with E-state index in [2.05, 4.69) is 40.9 Å². The number of nitrogens with one attached hydrogen (secondary N) is 1. The Kier molecular flexibility index (Phi) is 3.57. The van der Waals surface area contributed by atoms with Crippen molar-refractivity contribution in [3.8, 4) is 0 Å². The number of amides is 2. The van der Waals surface area contributed by atoms with Gasteiger partial charge < -0.3 is 5.73 Å². The molecule has 0 saturated heterocycles. The topological polar surface area (TPSA) is 67.5 Å². The second kappa shape index (κ2) is 5.31. The molecule has 18 heavy (non-hydrogen) atoms. The van der Waals surface area contributed by atoms with Gasteiger partial charge in [-0.2, -0.15) is 5.10 Å². The summed E-state index contributed by atoms with van der Waals surface area (Å²) in [6.07, 6.45) is 0.686. The Morgan fingerprint density at radius 1 is 1.22 bits per heavy atom. The maximum Gasteiger partial charge on any atom is 0.332 e. The van der Waals surface area contributed by atoms with Crippen molar-refractivity contribution in [3.05, 3.63) is 48.0 Å². The lowest BCUT2D eigenvalue weighted by Gasteiger charge is -2.04. The number of carbonyl (C=O) groups is 1. The summed E-state index contributed by atoms with van der Waals surface area (Å²) in [7, 11) is 0. The van der Waals surface area contributed by atoms with Gasteiger partial charge in [-0.15, -0.1) is 0 Å². The molecule has 4 nitrogen and oxygen atoms in total. The summed E-state index contributed by atoms with van der Waals surface area (Å²) in [5, 5.41) is 6.30. The van der Waals surface area contributed by atoms with Gasteiger partial charge >= 0.3 is 6.03 Å². The van der Waals surface area contributed by atoms with Gasteiger partial charge in [0, 0.05) is 12.1 Å². The third-order valence-corrected chi connectivity index (χ3v) is 2.63. The summed E-state index contributed by atoms with van der Waals surface area (Å²) in [4.78, 5) is 10.5. The van der Waals surface area contributed by atoms with Gasteiger partial charge in [0.1, 0.15) is 0 Å². The summed E-state index contributed by atoms with van der Waals surface area (Å²) < 4.78 is 0. The number of hydrazone groups is 1. The normalized spacial score (nSPS) is 11.5. The molecule has 0 heterocycles. The van der Waals surface area contributed by atoms with Gasteiger partial charge in [-0.25, -0.2) is 10.2 Å². The molecular formula is C14H15N3O. The van der Waals surface area contributed by atoms with Gasteiger partial charge in [-0.3, -0.25) is 0 Å². The van der Waals surface area contributed by atoms with Gasteiger partial charge in [-0.1, -0.05) is 42.5 Å².